The van der Waals surface area contributed by atoms with Gasteiger partial charge in [-0.2, -0.15) is 0 Å². The van der Waals surface area contributed by atoms with Gasteiger partial charge >= 0.3 is 0 Å². The van der Waals surface area contributed by atoms with Gasteiger partial charge in [0.25, 0.3) is 0 Å². The predicted octanol–water partition coefficient (Wildman–Crippen LogP) is 3.78. The molecule has 0 atom stereocenters. The largest absolute Gasteiger partial charge is 0.439 e. The van der Waals surface area contributed by atoms with Gasteiger partial charge in [-0.05, 0) is 40.2 Å². The summed E-state index contributed by atoms with van der Waals surface area (Å²) in [6, 6.07) is 9.80. The van der Waals surface area contributed by atoms with Crippen LogP contribution in [-0.4, -0.2) is 4.98 Å². The van der Waals surface area contributed by atoms with E-state index >= 15 is 0 Å². The summed E-state index contributed by atoms with van der Waals surface area (Å²) in [5.41, 5.74) is 0. The standard InChI is InChI=1S/C11H7BrFNO/c12-9-7-8(4-5-10(9)13)15-11-3-1-2-6-14-11/h1-7H. The molecule has 2 aromatic rings. The van der Waals surface area contributed by atoms with Gasteiger partial charge in [-0.15, -0.1) is 0 Å². The number of benzene rings is 1. The van der Waals surface area contributed by atoms with Crippen molar-refractivity contribution in [2.45, 2.75) is 0 Å². The number of hydrogen-bond acceptors (Lipinski definition) is 2. The van der Waals surface area contributed by atoms with Gasteiger partial charge in [0.15, 0.2) is 0 Å². The quantitative estimate of drug-likeness (QED) is 0.826. The Morgan fingerprint density at radius 3 is 2.73 bits per heavy atom. The minimum absolute atomic E-state index is 0.316. The molecule has 0 radical (unpaired) electrons. The monoisotopic (exact) mass is 267 g/mol. The van der Waals surface area contributed by atoms with Gasteiger partial charge in [0, 0.05) is 12.3 Å². The molecule has 0 aliphatic heterocycles. The molecule has 0 saturated carbocycles. The second-order valence-corrected chi connectivity index (χ2v) is 3.70. The normalized spacial score (nSPS) is 10.0. The summed E-state index contributed by atoms with van der Waals surface area (Å²) in [6.45, 7) is 0. The van der Waals surface area contributed by atoms with Crippen LogP contribution in [0.1, 0.15) is 0 Å². The van der Waals surface area contributed by atoms with Crippen LogP contribution in [0, 0.1) is 5.82 Å². The molecule has 0 aliphatic carbocycles. The van der Waals surface area contributed by atoms with Crippen LogP contribution in [0.2, 0.25) is 0 Å². The van der Waals surface area contributed by atoms with Crippen LogP contribution in [0.25, 0.3) is 0 Å². The van der Waals surface area contributed by atoms with Crippen molar-refractivity contribution in [3.8, 4) is 11.6 Å². The maximum absolute atomic E-state index is 12.9. The number of rotatable bonds is 2. The molecule has 1 aromatic carbocycles. The van der Waals surface area contributed by atoms with Crippen LogP contribution in [0.5, 0.6) is 11.6 Å². The highest BCUT2D eigenvalue weighted by molar-refractivity contribution is 9.10. The first kappa shape index (κ1) is 10.1. The Kier molecular flexibility index (Phi) is 2.97. The van der Waals surface area contributed by atoms with Crippen molar-refractivity contribution in [3.63, 3.8) is 0 Å². The first-order chi connectivity index (χ1) is 7.25. The lowest BCUT2D eigenvalue weighted by Gasteiger charge is -2.04. The summed E-state index contributed by atoms with van der Waals surface area (Å²) >= 11 is 3.08. The Bertz CT molecular complexity index is 461. The maximum atomic E-state index is 12.9. The van der Waals surface area contributed by atoms with Crippen molar-refractivity contribution in [1.82, 2.24) is 4.98 Å². The molecular weight excluding hydrogens is 261 g/mol. The molecule has 2 nitrogen and oxygen atoms in total. The Morgan fingerprint density at radius 1 is 1.20 bits per heavy atom. The molecule has 0 unspecified atom stereocenters. The lowest BCUT2D eigenvalue weighted by atomic mass is 10.3. The van der Waals surface area contributed by atoms with Gasteiger partial charge < -0.3 is 4.74 Å². The van der Waals surface area contributed by atoms with Crippen molar-refractivity contribution in [2.24, 2.45) is 0 Å². The second kappa shape index (κ2) is 4.40. The molecule has 0 fully saturated rings. The van der Waals surface area contributed by atoms with Gasteiger partial charge in [0.2, 0.25) is 5.88 Å². The minimum Gasteiger partial charge on any atom is -0.439 e. The van der Waals surface area contributed by atoms with E-state index in [1.807, 2.05) is 6.07 Å². The van der Waals surface area contributed by atoms with Gasteiger partial charge in [0.1, 0.15) is 11.6 Å². The molecule has 76 valence electrons. The second-order valence-electron chi connectivity index (χ2n) is 2.85. The summed E-state index contributed by atoms with van der Waals surface area (Å²) in [6.07, 6.45) is 1.63. The van der Waals surface area contributed by atoms with Crippen molar-refractivity contribution >= 4 is 15.9 Å². The third kappa shape index (κ3) is 2.53. The lowest BCUT2D eigenvalue weighted by Crippen LogP contribution is -1.87. The Labute approximate surface area is 94.9 Å². The molecule has 1 aromatic heterocycles. The van der Waals surface area contributed by atoms with Crippen molar-refractivity contribution in [2.75, 3.05) is 0 Å². The molecular formula is C11H7BrFNO. The summed E-state index contributed by atoms with van der Waals surface area (Å²) in [5.74, 6) is 0.710. The highest BCUT2D eigenvalue weighted by Gasteiger charge is 2.02. The molecule has 15 heavy (non-hydrogen) atoms. The smallest absolute Gasteiger partial charge is 0.219 e. The number of nitrogens with zero attached hydrogens (tertiary/aromatic N) is 1. The topological polar surface area (TPSA) is 22.1 Å². The van der Waals surface area contributed by atoms with Crippen LogP contribution in [0.15, 0.2) is 47.1 Å². The summed E-state index contributed by atoms with van der Waals surface area (Å²) in [7, 11) is 0. The Balaban J connectivity index is 2.22. The average Bonchev–Trinajstić information content (AvgIpc) is 2.25. The summed E-state index contributed by atoms with van der Waals surface area (Å²) in [5, 5.41) is 0. The molecule has 0 bridgehead atoms. The molecule has 0 N–H and O–H groups in total. The van der Waals surface area contributed by atoms with E-state index in [1.54, 1.807) is 30.5 Å². The zero-order valence-corrected chi connectivity index (χ0v) is 9.24. The van der Waals surface area contributed by atoms with Gasteiger partial charge in [-0.3, -0.25) is 0 Å². The van der Waals surface area contributed by atoms with Crippen LogP contribution < -0.4 is 4.74 Å². The van der Waals surface area contributed by atoms with E-state index in [9.17, 15) is 4.39 Å². The number of halogens is 2. The van der Waals surface area contributed by atoms with E-state index in [0.717, 1.165) is 0 Å². The van der Waals surface area contributed by atoms with E-state index in [4.69, 9.17) is 4.74 Å². The van der Waals surface area contributed by atoms with E-state index in [0.29, 0.717) is 16.1 Å². The number of aromatic nitrogens is 1. The van der Waals surface area contributed by atoms with Crippen LogP contribution in [-0.2, 0) is 0 Å². The Hall–Kier alpha value is -1.42. The highest BCUT2D eigenvalue weighted by atomic mass is 79.9. The highest BCUT2D eigenvalue weighted by Crippen LogP contribution is 2.24. The van der Waals surface area contributed by atoms with E-state index in [-0.39, 0.29) is 5.82 Å². The molecule has 0 aliphatic rings. The van der Waals surface area contributed by atoms with Crippen molar-refractivity contribution in [1.29, 1.82) is 0 Å². The third-order valence-electron chi connectivity index (χ3n) is 1.75. The minimum atomic E-state index is -0.316. The van der Waals surface area contributed by atoms with E-state index in [1.165, 1.54) is 6.07 Å². The fourth-order valence-corrected chi connectivity index (χ4v) is 1.43. The summed E-state index contributed by atoms with van der Waals surface area (Å²) in [4.78, 5) is 3.99. The molecule has 0 spiro atoms. The zero-order valence-electron chi connectivity index (χ0n) is 7.65. The Morgan fingerprint density at radius 2 is 2.07 bits per heavy atom. The molecule has 4 heteroatoms. The van der Waals surface area contributed by atoms with E-state index in [2.05, 4.69) is 20.9 Å². The maximum Gasteiger partial charge on any atom is 0.219 e. The van der Waals surface area contributed by atoms with Crippen LogP contribution in [0.3, 0.4) is 0 Å². The molecule has 0 saturated heterocycles. The first-order valence-electron chi connectivity index (χ1n) is 4.29. The van der Waals surface area contributed by atoms with Crippen molar-refractivity contribution < 1.29 is 9.13 Å². The fraction of sp³-hybridized carbons (Fsp3) is 0. The lowest BCUT2D eigenvalue weighted by molar-refractivity contribution is 0.460. The average molecular weight is 268 g/mol. The van der Waals surface area contributed by atoms with Gasteiger partial charge in [-0.1, -0.05) is 6.07 Å². The number of pyridine rings is 1. The fourth-order valence-electron chi connectivity index (χ4n) is 1.07. The molecule has 2 rings (SSSR count). The first-order valence-corrected chi connectivity index (χ1v) is 5.09. The van der Waals surface area contributed by atoms with Crippen LogP contribution in [0.4, 0.5) is 4.39 Å². The number of hydrogen-bond donors (Lipinski definition) is 0. The van der Waals surface area contributed by atoms with Crippen molar-refractivity contribution in [3.05, 3.63) is 52.9 Å². The third-order valence-corrected chi connectivity index (χ3v) is 2.36. The zero-order chi connectivity index (χ0) is 10.7. The van der Waals surface area contributed by atoms with Gasteiger partial charge in [0.05, 0.1) is 4.47 Å². The van der Waals surface area contributed by atoms with E-state index < -0.39 is 0 Å². The van der Waals surface area contributed by atoms with Crippen LogP contribution >= 0.6 is 15.9 Å². The molecule has 0 amide bonds. The SMILES string of the molecule is Fc1ccc(Oc2ccccn2)cc1Br. The summed E-state index contributed by atoms with van der Waals surface area (Å²) < 4.78 is 18.7. The predicted molar refractivity (Wildman–Crippen MR) is 58.4 cm³/mol. The number of ether oxygens (including phenoxy) is 1. The van der Waals surface area contributed by atoms with Gasteiger partial charge in [-0.25, -0.2) is 9.37 Å². The molecule has 1 heterocycles.